The molecule has 0 spiro atoms. The highest BCUT2D eigenvalue weighted by Gasteiger charge is 2.42. The number of anilines is 2. The average molecular weight is 554 g/mol. The first kappa shape index (κ1) is 31.4. The van der Waals surface area contributed by atoms with Crippen LogP contribution in [0.2, 0.25) is 0 Å². The summed E-state index contributed by atoms with van der Waals surface area (Å²) in [7, 11) is 3.26. The van der Waals surface area contributed by atoms with Crippen LogP contribution in [0.1, 0.15) is 39.3 Å². The van der Waals surface area contributed by atoms with Crippen molar-refractivity contribution in [3.05, 3.63) is 29.8 Å². The van der Waals surface area contributed by atoms with Crippen molar-refractivity contribution in [1.82, 2.24) is 24.5 Å². The lowest BCUT2D eigenvalue weighted by Crippen LogP contribution is -2.49. The van der Waals surface area contributed by atoms with Crippen molar-refractivity contribution >= 4 is 28.9 Å². The molecule has 1 aliphatic heterocycles. The molecule has 0 saturated carbocycles. The molecule has 10 nitrogen and oxygen atoms in total. The highest BCUT2D eigenvalue weighted by molar-refractivity contribution is 5.88. The van der Waals surface area contributed by atoms with E-state index in [0.29, 0.717) is 53.4 Å². The van der Waals surface area contributed by atoms with Crippen molar-refractivity contribution in [1.29, 1.82) is 0 Å². The molecule has 14 heteroatoms. The Hall–Kier alpha value is -3.84. The van der Waals surface area contributed by atoms with Crippen LogP contribution in [0.15, 0.2) is 28.6 Å². The van der Waals surface area contributed by atoms with Gasteiger partial charge in [-0.15, -0.1) is 5.10 Å². The Morgan fingerprint density at radius 1 is 1.31 bits per heavy atom. The van der Waals surface area contributed by atoms with Crippen molar-refractivity contribution in [2.75, 3.05) is 44.9 Å². The number of carbonyl (C=O) groups is 1. The SMILES string of the molecule is CC(=O)N1CCC(C)C(F)(F)C1.CCCF.CN=Nc1ccc(-c2c(F)cn3nc(N)nc(NC)c23)nc1C. The number of nitrogen functional groups attached to an aromatic ring is 1. The molecule has 1 fully saturated rings. The minimum Gasteiger partial charge on any atom is -0.371 e. The number of aryl methyl sites for hydroxylation is 1. The van der Waals surface area contributed by atoms with E-state index >= 15 is 0 Å². The van der Waals surface area contributed by atoms with Gasteiger partial charge < -0.3 is 16.0 Å². The predicted octanol–water partition coefficient (Wildman–Crippen LogP) is 5.45. The van der Waals surface area contributed by atoms with E-state index in [1.165, 1.54) is 29.5 Å². The number of amides is 1. The van der Waals surface area contributed by atoms with Gasteiger partial charge in [-0.05, 0) is 31.9 Å². The smallest absolute Gasteiger partial charge is 0.267 e. The lowest BCUT2D eigenvalue weighted by Gasteiger charge is -2.36. The Morgan fingerprint density at radius 2 is 1.97 bits per heavy atom. The first-order valence-electron chi connectivity index (χ1n) is 12.4. The Balaban J connectivity index is 0.000000279. The molecule has 3 N–H and O–H groups in total. The number of nitrogens with zero attached hydrogens (tertiary/aromatic N) is 7. The van der Waals surface area contributed by atoms with Crippen molar-refractivity contribution in [2.45, 2.75) is 46.5 Å². The number of halogens is 4. The summed E-state index contributed by atoms with van der Waals surface area (Å²) >= 11 is 0. The fraction of sp³-hybridized carbons (Fsp3) is 0.520. The quantitative estimate of drug-likeness (QED) is 0.327. The van der Waals surface area contributed by atoms with Crippen molar-refractivity contribution in [3.8, 4) is 11.3 Å². The fourth-order valence-electron chi connectivity index (χ4n) is 3.71. The standard InChI is InChI=1S/C14H15FN8.C8H13F2NO.C3H7F/c1-7-9(21-18-3)4-5-10(19-7)11-8(15)6-23-12(11)13(17-2)20-14(16)22-23;1-6-3-4-11(7(2)12)5-8(6,9)10;1-2-3-4/h4-6H,1-3H3,(H3,16,17,20,22);6H,3-5H2,1-2H3;2-3H2,1H3. The van der Waals surface area contributed by atoms with Gasteiger partial charge in [0, 0.05) is 33.5 Å². The van der Waals surface area contributed by atoms with Crippen molar-refractivity contribution < 1.29 is 22.4 Å². The number of nitrogens with one attached hydrogen (secondary N) is 1. The molecule has 1 unspecified atom stereocenters. The molecule has 1 amide bonds. The van der Waals surface area contributed by atoms with Gasteiger partial charge in [0.2, 0.25) is 11.9 Å². The summed E-state index contributed by atoms with van der Waals surface area (Å²) in [5.41, 5.74) is 8.15. The normalized spacial score (nSPS) is 16.4. The molecule has 3 aromatic rings. The zero-order chi connectivity index (χ0) is 29.3. The number of piperidine rings is 1. The van der Waals surface area contributed by atoms with Crippen LogP contribution in [0.25, 0.3) is 16.8 Å². The molecule has 1 atom stereocenters. The van der Waals surface area contributed by atoms with E-state index in [0.717, 1.165) is 0 Å². The molecule has 39 heavy (non-hydrogen) atoms. The fourth-order valence-corrected chi connectivity index (χ4v) is 3.71. The maximum absolute atomic E-state index is 14.5. The van der Waals surface area contributed by atoms with Gasteiger partial charge in [0.05, 0.1) is 36.4 Å². The van der Waals surface area contributed by atoms with Crippen LogP contribution in [-0.4, -0.2) is 70.2 Å². The molecule has 0 radical (unpaired) electrons. The molecule has 0 aliphatic carbocycles. The van der Waals surface area contributed by atoms with E-state index in [2.05, 4.69) is 30.6 Å². The lowest BCUT2D eigenvalue weighted by atomic mass is 9.95. The van der Waals surface area contributed by atoms with E-state index in [9.17, 15) is 22.4 Å². The van der Waals surface area contributed by atoms with E-state index in [-0.39, 0.29) is 18.5 Å². The van der Waals surface area contributed by atoms with Crippen LogP contribution in [0.4, 0.5) is 35.0 Å². The van der Waals surface area contributed by atoms with E-state index in [4.69, 9.17) is 5.73 Å². The molecule has 1 aliphatic rings. The molecular formula is C25H35F4N9O. The number of azo groups is 1. The number of fused-ring (bicyclic) bond motifs is 1. The Labute approximate surface area is 224 Å². The molecule has 3 aromatic heterocycles. The van der Waals surface area contributed by atoms with Gasteiger partial charge in [0.25, 0.3) is 5.92 Å². The van der Waals surface area contributed by atoms with Crippen LogP contribution >= 0.6 is 0 Å². The summed E-state index contributed by atoms with van der Waals surface area (Å²) in [4.78, 5) is 20.5. The van der Waals surface area contributed by atoms with Crippen molar-refractivity contribution in [3.63, 3.8) is 0 Å². The predicted molar refractivity (Wildman–Crippen MR) is 143 cm³/mol. The molecule has 4 rings (SSSR count). The molecular weight excluding hydrogens is 518 g/mol. The first-order chi connectivity index (χ1) is 18.4. The number of alkyl halides is 3. The number of hydrogen-bond acceptors (Lipinski definition) is 8. The Morgan fingerprint density at radius 3 is 2.49 bits per heavy atom. The van der Waals surface area contributed by atoms with Crippen LogP contribution in [0, 0.1) is 18.7 Å². The van der Waals surface area contributed by atoms with Crippen molar-refractivity contribution in [2.24, 2.45) is 16.1 Å². The molecule has 1 saturated heterocycles. The maximum atomic E-state index is 14.5. The van der Waals surface area contributed by atoms with Crippen LogP contribution in [0.3, 0.4) is 0 Å². The van der Waals surface area contributed by atoms with Gasteiger partial charge >= 0.3 is 0 Å². The summed E-state index contributed by atoms with van der Waals surface area (Å²) in [5.74, 6) is -3.56. The zero-order valence-corrected chi connectivity index (χ0v) is 23.0. The molecule has 4 heterocycles. The third kappa shape index (κ3) is 7.83. The van der Waals surface area contributed by atoms with Crippen LogP contribution < -0.4 is 11.1 Å². The summed E-state index contributed by atoms with van der Waals surface area (Å²) in [6.45, 7) is 6.32. The number of hydrogen-bond donors (Lipinski definition) is 2. The van der Waals surface area contributed by atoms with Crippen LogP contribution in [0.5, 0.6) is 0 Å². The summed E-state index contributed by atoms with van der Waals surface area (Å²) in [6, 6.07) is 3.43. The van der Waals surface area contributed by atoms with Gasteiger partial charge in [-0.2, -0.15) is 15.2 Å². The number of aromatic nitrogens is 4. The second-order valence-electron chi connectivity index (χ2n) is 8.90. The largest absolute Gasteiger partial charge is 0.371 e. The van der Waals surface area contributed by atoms with Gasteiger partial charge in [-0.3, -0.25) is 14.2 Å². The molecule has 0 aromatic carbocycles. The lowest BCUT2D eigenvalue weighted by molar-refractivity contribution is -0.146. The number of pyridine rings is 1. The highest BCUT2D eigenvalue weighted by atomic mass is 19.3. The number of nitrogens with two attached hydrogens (primary N) is 1. The highest BCUT2D eigenvalue weighted by Crippen LogP contribution is 2.33. The van der Waals surface area contributed by atoms with Gasteiger partial charge in [0.15, 0.2) is 11.6 Å². The summed E-state index contributed by atoms with van der Waals surface area (Å²) in [5, 5.41) is 14.6. The zero-order valence-electron chi connectivity index (χ0n) is 23.0. The second-order valence-corrected chi connectivity index (χ2v) is 8.90. The van der Waals surface area contributed by atoms with E-state index in [1.54, 1.807) is 40.1 Å². The summed E-state index contributed by atoms with van der Waals surface area (Å²) < 4.78 is 52.6. The Bertz CT molecular complexity index is 1290. The minimum absolute atomic E-state index is 0.0474. The molecule has 214 valence electrons. The Kier molecular flexibility index (Phi) is 11.1. The maximum Gasteiger partial charge on any atom is 0.267 e. The second kappa shape index (κ2) is 13.8. The third-order valence-corrected chi connectivity index (χ3v) is 5.95. The van der Waals surface area contributed by atoms with Gasteiger partial charge in [0.1, 0.15) is 11.2 Å². The number of likely N-dealkylation sites (tertiary alicyclic amines) is 1. The number of rotatable bonds is 4. The summed E-state index contributed by atoms with van der Waals surface area (Å²) in [6.07, 6.45) is 2.30. The van der Waals surface area contributed by atoms with Gasteiger partial charge in [-0.1, -0.05) is 13.8 Å². The van der Waals surface area contributed by atoms with E-state index < -0.39 is 24.2 Å². The monoisotopic (exact) mass is 553 g/mol. The molecule has 0 bridgehead atoms. The van der Waals surface area contributed by atoms with Crippen LogP contribution in [-0.2, 0) is 4.79 Å². The minimum atomic E-state index is -2.70. The van der Waals surface area contributed by atoms with Gasteiger partial charge in [-0.25, -0.2) is 17.7 Å². The first-order valence-corrected chi connectivity index (χ1v) is 12.4. The number of carbonyl (C=O) groups excluding carboxylic acids is 1. The topological polar surface area (TPSA) is 126 Å². The average Bonchev–Trinajstić information content (AvgIpc) is 3.22. The van der Waals surface area contributed by atoms with E-state index in [1.807, 2.05) is 0 Å². The third-order valence-electron chi connectivity index (χ3n) is 5.95.